The second-order valence-electron chi connectivity index (χ2n) is 7.41. The van der Waals surface area contributed by atoms with Gasteiger partial charge in [-0.1, -0.05) is 31.5 Å². The first-order chi connectivity index (χ1) is 13.7. The van der Waals surface area contributed by atoms with Crippen molar-refractivity contribution in [1.82, 2.24) is 20.0 Å². The smallest absolute Gasteiger partial charge is 0.226 e. The van der Waals surface area contributed by atoms with Gasteiger partial charge in [0.05, 0.1) is 5.69 Å². The Morgan fingerprint density at radius 3 is 2.76 bits per heavy atom. The fraction of sp³-hybridized carbons (Fsp3) is 0.476. The highest BCUT2D eigenvalue weighted by molar-refractivity contribution is 6.31. The van der Waals surface area contributed by atoms with Crippen LogP contribution in [0.25, 0.3) is 0 Å². The second-order valence-corrected chi connectivity index (χ2v) is 7.82. The molecule has 0 bridgehead atoms. The first-order valence-corrected chi connectivity index (χ1v) is 10.1. The number of nitrogens with zero attached hydrogens (tertiary/aromatic N) is 4. The van der Waals surface area contributed by atoms with Crippen LogP contribution in [-0.2, 0) is 18.4 Å². The summed E-state index contributed by atoms with van der Waals surface area (Å²) in [6.07, 6.45) is 2.36. The lowest BCUT2D eigenvalue weighted by atomic mass is 10.1. The Kier molecular flexibility index (Phi) is 8.08. The summed E-state index contributed by atoms with van der Waals surface area (Å²) in [6.45, 7) is 7.33. The Bertz CT molecular complexity index is 874. The van der Waals surface area contributed by atoms with Crippen molar-refractivity contribution in [2.75, 3.05) is 26.0 Å². The van der Waals surface area contributed by atoms with Crippen LogP contribution in [0.1, 0.15) is 43.0 Å². The molecule has 2 N–H and O–H groups in total. The van der Waals surface area contributed by atoms with E-state index >= 15 is 0 Å². The molecule has 0 spiro atoms. The third-order valence-electron chi connectivity index (χ3n) is 4.64. The third kappa shape index (κ3) is 6.22. The van der Waals surface area contributed by atoms with E-state index in [9.17, 15) is 4.79 Å². The Hall–Kier alpha value is -2.54. The van der Waals surface area contributed by atoms with Crippen LogP contribution in [-0.4, -0.2) is 47.2 Å². The first-order valence-electron chi connectivity index (χ1n) is 9.72. The summed E-state index contributed by atoms with van der Waals surface area (Å²) in [4.78, 5) is 18.6. The summed E-state index contributed by atoms with van der Waals surface area (Å²) < 4.78 is 1.84. The first kappa shape index (κ1) is 22.7. The molecule has 0 aliphatic rings. The van der Waals surface area contributed by atoms with Gasteiger partial charge in [-0.15, -0.1) is 0 Å². The molecule has 0 unspecified atom stereocenters. The Morgan fingerprint density at radius 1 is 1.38 bits per heavy atom. The van der Waals surface area contributed by atoms with E-state index in [2.05, 4.69) is 34.6 Å². The highest BCUT2D eigenvalue weighted by Gasteiger charge is 2.15. The van der Waals surface area contributed by atoms with Gasteiger partial charge < -0.3 is 15.5 Å². The number of hydrogen-bond donors (Lipinski definition) is 2. The third-order valence-corrected chi connectivity index (χ3v) is 5.05. The van der Waals surface area contributed by atoms with Crippen molar-refractivity contribution >= 4 is 29.2 Å². The van der Waals surface area contributed by atoms with Crippen molar-refractivity contribution in [3.63, 3.8) is 0 Å². The van der Waals surface area contributed by atoms with Gasteiger partial charge in [0, 0.05) is 63.1 Å². The molecule has 0 saturated carbocycles. The number of hydrogen-bond acceptors (Lipinski definition) is 3. The molecule has 1 heterocycles. The van der Waals surface area contributed by atoms with E-state index in [1.165, 1.54) is 5.56 Å². The number of nitrogens with one attached hydrogen (secondary N) is 2. The lowest BCUT2D eigenvalue weighted by Crippen LogP contribution is -2.39. The van der Waals surface area contributed by atoms with E-state index in [1.54, 1.807) is 13.1 Å². The largest absolute Gasteiger partial charge is 0.356 e. The fourth-order valence-corrected chi connectivity index (χ4v) is 3.30. The van der Waals surface area contributed by atoms with E-state index in [0.29, 0.717) is 30.5 Å². The molecule has 29 heavy (non-hydrogen) atoms. The zero-order chi connectivity index (χ0) is 21.6. The molecule has 8 heteroatoms. The number of anilines is 1. The predicted molar refractivity (Wildman–Crippen MR) is 120 cm³/mol. The molecule has 0 radical (unpaired) electrons. The molecule has 0 fully saturated rings. The van der Waals surface area contributed by atoms with Gasteiger partial charge in [-0.3, -0.25) is 14.5 Å². The SMILES string of the molecule is CN=C(NCCC(=O)Nc1cccc(Cl)c1C)N(C)Cc1cn(C)nc1C(C)C. The van der Waals surface area contributed by atoms with Crippen molar-refractivity contribution in [3.8, 4) is 0 Å². The molecule has 0 saturated heterocycles. The minimum Gasteiger partial charge on any atom is -0.356 e. The van der Waals surface area contributed by atoms with Crippen molar-refractivity contribution in [2.45, 2.75) is 39.7 Å². The van der Waals surface area contributed by atoms with Crippen molar-refractivity contribution in [3.05, 3.63) is 46.2 Å². The van der Waals surface area contributed by atoms with Gasteiger partial charge in [-0.25, -0.2) is 0 Å². The van der Waals surface area contributed by atoms with Gasteiger partial charge in [0.1, 0.15) is 0 Å². The van der Waals surface area contributed by atoms with E-state index in [1.807, 2.05) is 48.9 Å². The minimum atomic E-state index is -0.0738. The maximum Gasteiger partial charge on any atom is 0.226 e. The number of aryl methyl sites for hydroxylation is 1. The average molecular weight is 419 g/mol. The summed E-state index contributed by atoms with van der Waals surface area (Å²) in [5, 5.41) is 11.3. The van der Waals surface area contributed by atoms with Crippen LogP contribution in [0.3, 0.4) is 0 Å². The van der Waals surface area contributed by atoms with Crippen LogP contribution in [0.2, 0.25) is 5.02 Å². The van der Waals surface area contributed by atoms with Gasteiger partial charge in [-0.05, 0) is 30.5 Å². The zero-order valence-corrected chi connectivity index (χ0v) is 18.8. The molecule has 1 aromatic carbocycles. The van der Waals surface area contributed by atoms with Gasteiger partial charge in [0.25, 0.3) is 0 Å². The fourth-order valence-electron chi connectivity index (χ4n) is 3.12. The quantitative estimate of drug-likeness (QED) is 0.532. The lowest BCUT2D eigenvalue weighted by Gasteiger charge is -2.22. The second kappa shape index (κ2) is 10.3. The van der Waals surface area contributed by atoms with Gasteiger partial charge in [0.15, 0.2) is 5.96 Å². The van der Waals surface area contributed by atoms with E-state index in [-0.39, 0.29) is 5.91 Å². The van der Waals surface area contributed by atoms with Crippen LogP contribution in [0.5, 0.6) is 0 Å². The Balaban J connectivity index is 1.88. The molecule has 1 amide bonds. The number of guanidine groups is 1. The minimum absolute atomic E-state index is 0.0738. The average Bonchev–Trinajstić information content (AvgIpc) is 3.03. The number of halogens is 1. The van der Waals surface area contributed by atoms with Crippen LogP contribution in [0, 0.1) is 6.92 Å². The molecule has 7 nitrogen and oxygen atoms in total. The molecule has 0 atom stereocenters. The van der Waals surface area contributed by atoms with Crippen LogP contribution < -0.4 is 10.6 Å². The van der Waals surface area contributed by atoms with Crippen molar-refractivity contribution in [2.24, 2.45) is 12.0 Å². The van der Waals surface area contributed by atoms with Crippen LogP contribution in [0.4, 0.5) is 5.69 Å². The molecular formula is C21H31ClN6O. The maximum absolute atomic E-state index is 12.3. The molecular weight excluding hydrogens is 388 g/mol. The monoisotopic (exact) mass is 418 g/mol. The van der Waals surface area contributed by atoms with Crippen LogP contribution >= 0.6 is 11.6 Å². The number of amides is 1. The zero-order valence-electron chi connectivity index (χ0n) is 18.1. The number of carbonyl (C=O) groups is 1. The highest BCUT2D eigenvalue weighted by atomic mass is 35.5. The predicted octanol–water partition coefficient (Wildman–Crippen LogP) is 3.54. The maximum atomic E-state index is 12.3. The normalized spacial score (nSPS) is 11.7. The Labute approximate surface area is 178 Å². The van der Waals surface area contributed by atoms with Gasteiger partial charge in [0.2, 0.25) is 5.91 Å². The van der Waals surface area contributed by atoms with Crippen LogP contribution in [0.15, 0.2) is 29.4 Å². The van der Waals surface area contributed by atoms with Crippen molar-refractivity contribution < 1.29 is 4.79 Å². The topological polar surface area (TPSA) is 74.6 Å². The molecule has 0 aliphatic carbocycles. The molecule has 158 valence electrons. The summed E-state index contributed by atoms with van der Waals surface area (Å²) in [6, 6.07) is 5.48. The number of aromatic nitrogens is 2. The number of carbonyl (C=O) groups excluding carboxylic acids is 1. The van der Waals surface area contributed by atoms with Gasteiger partial charge >= 0.3 is 0 Å². The van der Waals surface area contributed by atoms with E-state index in [0.717, 1.165) is 22.9 Å². The molecule has 1 aromatic heterocycles. The number of rotatable bonds is 7. The highest BCUT2D eigenvalue weighted by Crippen LogP contribution is 2.23. The standard InChI is InChI=1S/C21H31ClN6O/c1-14(2)20-16(13-28(6)26-20)12-27(5)21(23-4)24-11-10-19(29)25-18-9-7-8-17(22)15(18)3/h7-9,13-14H,10-12H2,1-6H3,(H,23,24)(H,25,29). The lowest BCUT2D eigenvalue weighted by molar-refractivity contribution is -0.116. The number of aliphatic imine (C=N–C) groups is 1. The molecule has 0 aliphatic heterocycles. The summed E-state index contributed by atoms with van der Waals surface area (Å²) in [5.41, 5.74) is 3.86. The molecule has 2 rings (SSSR count). The van der Waals surface area contributed by atoms with E-state index < -0.39 is 0 Å². The number of benzene rings is 1. The Morgan fingerprint density at radius 2 is 2.10 bits per heavy atom. The summed E-state index contributed by atoms with van der Waals surface area (Å²) in [5.74, 6) is 1.01. The van der Waals surface area contributed by atoms with Crippen molar-refractivity contribution in [1.29, 1.82) is 0 Å². The van der Waals surface area contributed by atoms with E-state index in [4.69, 9.17) is 11.6 Å². The van der Waals surface area contributed by atoms with Gasteiger partial charge in [-0.2, -0.15) is 5.10 Å². The summed E-state index contributed by atoms with van der Waals surface area (Å²) in [7, 11) is 5.64. The summed E-state index contributed by atoms with van der Waals surface area (Å²) >= 11 is 6.10. The molecule has 2 aromatic rings.